The van der Waals surface area contributed by atoms with E-state index >= 15 is 0 Å². The molecule has 0 atom stereocenters. The number of nitrogens with two attached hydrogens (primary N) is 1. The van der Waals surface area contributed by atoms with Crippen molar-refractivity contribution < 1.29 is 13.6 Å². The molecular weight excluding hydrogens is 385 g/mol. The Hall–Kier alpha value is -1.70. The molecule has 0 radical (unpaired) electrons. The molecule has 2 rings (SSSR count). The monoisotopic (exact) mass is 411 g/mol. The van der Waals surface area contributed by atoms with E-state index in [4.69, 9.17) is 26.5 Å². The van der Waals surface area contributed by atoms with E-state index in [-0.39, 0.29) is 16.0 Å². The van der Waals surface area contributed by atoms with Gasteiger partial charge in [-0.15, -0.1) is 0 Å². The van der Waals surface area contributed by atoms with Crippen LogP contribution in [-0.4, -0.2) is 31.5 Å². The third-order valence-electron chi connectivity index (χ3n) is 4.90. The smallest absolute Gasteiger partial charge is 0.226 e. The topological polar surface area (TPSA) is 70.3 Å². The minimum atomic E-state index is -1.82. The third kappa shape index (κ3) is 5.40. The summed E-state index contributed by atoms with van der Waals surface area (Å²) in [6.45, 7) is 13.5. The van der Waals surface area contributed by atoms with E-state index in [1.807, 2.05) is 0 Å². The lowest BCUT2D eigenvalue weighted by molar-refractivity contribution is 0.199. The van der Waals surface area contributed by atoms with Gasteiger partial charge in [0.25, 0.3) is 0 Å². The molecule has 0 saturated carbocycles. The van der Waals surface area contributed by atoms with Crippen LogP contribution in [0.1, 0.15) is 26.3 Å². The Morgan fingerprint density at radius 1 is 1.15 bits per heavy atom. The molecule has 148 valence electrons. The fraction of sp³-hybridized carbons (Fsp3) is 0.474. The van der Waals surface area contributed by atoms with Gasteiger partial charge in [-0.1, -0.05) is 20.8 Å². The summed E-state index contributed by atoms with van der Waals surface area (Å²) >= 11 is 6.04. The molecule has 27 heavy (non-hydrogen) atoms. The van der Waals surface area contributed by atoms with Crippen LogP contribution in [0.25, 0.3) is 11.3 Å². The molecular formula is C19H27ClFN3O2Si. The highest BCUT2D eigenvalue weighted by atomic mass is 35.5. The first-order valence-electron chi connectivity index (χ1n) is 8.78. The van der Waals surface area contributed by atoms with Crippen molar-refractivity contribution in [1.82, 2.24) is 9.97 Å². The van der Waals surface area contributed by atoms with Crippen molar-refractivity contribution in [3.8, 4) is 17.1 Å². The molecule has 0 aliphatic rings. The Labute approximate surface area is 166 Å². The van der Waals surface area contributed by atoms with Crippen LogP contribution in [0.2, 0.25) is 23.4 Å². The van der Waals surface area contributed by atoms with Crippen LogP contribution in [0.4, 0.5) is 10.1 Å². The van der Waals surface area contributed by atoms with Crippen molar-refractivity contribution in [2.45, 2.75) is 45.8 Å². The summed E-state index contributed by atoms with van der Waals surface area (Å²) < 4.78 is 25.4. The standard InChI is InChI=1S/C19H27ClFN3O2Si/c1-12-9-14(21)15(22)10-13(12)16-11-17(24-18(20)23-16)25-7-8-26-27(5,6)19(2,3)4/h9-11H,7-8,22H2,1-6H3. The summed E-state index contributed by atoms with van der Waals surface area (Å²) in [5.74, 6) is -0.123. The van der Waals surface area contributed by atoms with E-state index in [2.05, 4.69) is 43.8 Å². The molecule has 0 unspecified atom stereocenters. The second-order valence-corrected chi connectivity index (χ2v) is 13.2. The lowest BCUT2D eigenvalue weighted by Crippen LogP contribution is -2.41. The number of anilines is 1. The Morgan fingerprint density at radius 3 is 2.44 bits per heavy atom. The molecule has 1 aromatic heterocycles. The number of ether oxygens (including phenoxy) is 1. The van der Waals surface area contributed by atoms with Gasteiger partial charge in [-0.2, -0.15) is 4.98 Å². The van der Waals surface area contributed by atoms with Gasteiger partial charge < -0.3 is 14.9 Å². The summed E-state index contributed by atoms with van der Waals surface area (Å²) in [7, 11) is -1.82. The van der Waals surface area contributed by atoms with Crippen LogP contribution in [0.15, 0.2) is 18.2 Å². The SMILES string of the molecule is Cc1cc(F)c(N)cc1-c1cc(OCCO[Si](C)(C)C(C)(C)C)nc(Cl)n1. The lowest BCUT2D eigenvalue weighted by Gasteiger charge is -2.36. The molecule has 0 amide bonds. The number of rotatable bonds is 6. The van der Waals surface area contributed by atoms with Crippen LogP contribution >= 0.6 is 11.6 Å². The maximum absolute atomic E-state index is 13.6. The van der Waals surface area contributed by atoms with Gasteiger partial charge in [-0.25, -0.2) is 9.37 Å². The molecule has 0 fully saturated rings. The average molecular weight is 412 g/mol. The average Bonchev–Trinajstić information content (AvgIpc) is 2.53. The van der Waals surface area contributed by atoms with Gasteiger partial charge in [0.1, 0.15) is 12.4 Å². The van der Waals surface area contributed by atoms with E-state index in [1.165, 1.54) is 12.1 Å². The van der Waals surface area contributed by atoms with E-state index in [0.29, 0.717) is 35.9 Å². The van der Waals surface area contributed by atoms with Crippen LogP contribution in [0.3, 0.4) is 0 Å². The van der Waals surface area contributed by atoms with Crippen molar-refractivity contribution in [1.29, 1.82) is 0 Å². The van der Waals surface area contributed by atoms with E-state index in [0.717, 1.165) is 0 Å². The van der Waals surface area contributed by atoms with Gasteiger partial charge in [-0.05, 0) is 54.4 Å². The second kappa shape index (κ2) is 8.12. The van der Waals surface area contributed by atoms with Gasteiger partial charge in [0.2, 0.25) is 11.2 Å². The summed E-state index contributed by atoms with van der Waals surface area (Å²) in [6.07, 6.45) is 0. The number of nitrogen functional groups attached to an aromatic ring is 1. The molecule has 0 spiro atoms. The Balaban J connectivity index is 2.11. The molecule has 2 aromatic rings. The van der Waals surface area contributed by atoms with Gasteiger partial charge in [0.05, 0.1) is 18.0 Å². The highest BCUT2D eigenvalue weighted by molar-refractivity contribution is 6.74. The van der Waals surface area contributed by atoms with Crippen molar-refractivity contribution >= 4 is 25.6 Å². The fourth-order valence-corrected chi connectivity index (χ4v) is 3.43. The fourth-order valence-electron chi connectivity index (χ4n) is 2.23. The molecule has 2 N–H and O–H groups in total. The predicted octanol–water partition coefficient (Wildman–Crippen LogP) is 5.23. The number of hydrogen-bond donors (Lipinski definition) is 1. The van der Waals surface area contributed by atoms with Crippen molar-refractivity contribution in [3.05, 3.63) is 34.9 Å². The molecule has 0 aliphatic carbocycles. The molecule has 1 heterocycles. The first-order chi connectivity index (χ1) is 12.4. The molecule has 0 saturated heterocycles. The zero-order valence-corrected chi connectivity index (χ0v) is 18.4. The maximum atomic E-state index is 13.6. The highest BCUT2D eigenvalue weighted by Gasteiger charge is 2.36. The van der Waals surface area contributed by atoms with E-state index in [1.54, 1.807) is 13.0 Å². The van der Waals surface area contributed by atoms with Crippen molar-refractivity contribution in [2.24, 2.45) is 0 Å². The number of benzene rings is 1. The summed E-state index contributed by atoms with van der Waals surface area (Å²) in [6, 6.07) is 4.57. The largest absolute Gasteiger partial charge is 0.475 e. The molecule has 5 nitrogen and oxygen atoms in total. The van der Waals surface area contributed by atoms with Crippen LogP contribution in [0, 0.1) is 12.7 Å². The zero-order valence-electron chi connectivity index (χ0n) is 16.7. The quantitative estimate of drug-likeness (QED) is 0.305. The number of aryl methyl sites for hydroxylation is 1. The Morgan fingerprint density at radius 2 is 1.81 bits per heavy atom. The van der Waals surface area contributed by atoms with Gasteiger partial charge in [-0.3, -0.25) is 0 Å². The number of halogens is 2. The Kier molecular flexibility index (Phi) is 6.50. The van der Waals surface area contributed by atoms with Crippen LogP contribution in [-0.2, 0) is 4.43 Å². The summed E-state index contributed by atoms with van der Waals surface area (Å²) in [4.78, 5) is 8.30. The predicted molar refractivity (Wildman–Crippen MR) is 110 cm³/mol. The van der Waals surface area contributed by atoms with Crippen molar-refractivity contribution in [3.63, 3.8) is 0 Å². The lowest BCUT2D eigenvalue weighted by atomic mass is 10.0. The minimum Gasteiger partial charge on any atom is -0.475 e. The first-order valence-corrected chi connectivity index (χ1v) is 12.1. The minimum absolute atomic E-state index is 0.0510. The zero-order chi connectivity index (χ0) is 20.4. The third-order valence-corrected chi connectivity index (χ3v) is 9.60. The highest BCUT2D eigenvalue weighted by Crippen LogP contribution is 2.36. The molecule has 8 heteroatoms. The summed E-state index contributed by atoms with van der Waals surface area (Å²) in [5.41, 5.74) is 7.64. The second-order valence-electron chi connectivity index (χ2n) is 8.01. The van der Waals surface area contributed by atoms with Gasteiger partial charge in [0.15, 0.2) is 8.32 Å². The van der Waals surface area contributed by atoms with Crippen LogP contribution in [0.5, 0.6) is 5.88 Å². The molecule has 1 aromatic carbocycles. The van der Waals surface area contributed by atoms with Gasteiger partial charge >= 0.3 is 0 Å². The normalized spacial score (nSPS) is 12.3. The number of aromatic nitrogens is 2. The number of nitrogens with zero attached hydrogens (tertiary/aromatic N) is 2. The molecule has 0 bridgehead atoms. The Bertz CT molecular complexity index is 825. The first kappa shape index (κ1) is 21.6. The number of hydrogen-bond acceptors (Lipinski definition) is 5. The van der Waals surface area contributed by atoms with E-state index < -0.39 is 14.1 Å². The van der Waals surface area contributed by atoms with Gasteiger partial charge in [0, 0.05) is 11.6 Å². The summed E-state index contributed by atoms with van der Waals surface area (Å²) in [5, 5.41) is 0.188. The van der Waals surface area contributed by atoms with Crippen molar-refractivity contribution in [2.75, 3.05) is 18.9 Å². The maximum Gasteiger partial charge on any atom is 0.226 e. The van der Waals surface area contributed by atoms with E-state index in [9.17, 15) is 4.39 Å². The molecule has 0 aliphatic heterocycles. The van der Waals surface area contributed by atoms with Crippen LogP contribution < -0.4 is 10.5 Å².